The fourth-order valence-corrected chi connectivity index (χ4v) is 4.86. The summed E-state index contributed by atoms with van der Waals surface area (Å²) in [6.07, 6.45) is 9.64. The number of halogens is 1. The fourth-order valence-electron chi connectivity index (χ4n) is 3.96. The summed E-state index contributed by atoms with van der Waals surface area (Å²) < 4.78 is 12.0. The molecule has 4 nitrogen and oxygen atoms in total. The first-order valence-electron chi connectivity index (χ1n) is 9.26. The van der Waals surface area contributed by atoms with Gasteiger partial charge in [0.15, 0.2) is 5.96 Å². The molecule has 2 N–H and O–H groups in total. The van der Waals surface area contributed by atoms with Gasteiger partial charge in [-0.25, -0.2) is 0 Å². The summed E-state index contributed by atoms with van der Waals surface area (Å²) in [5.74, 6) is 3.43. The molecule has 0 aromatic carbocycles. The molecule has 0 heterocycles. The second-order valence-corrected chi connectivity index (χ2v) is 10.4. The molecule has 0 spiro atoms. The van der Waals surface area contributed by atoms with Crippen molar-refractivity contribution in [3.63, 3.8) is 0 Å². The molecule has 6 heteroatoms. The van der Waals surface area contributed by atoms with Gasteiger partial charge in [0.25, 0.3) is 0 Å². The van der Waals surface area contributed by atoms with Crippen molar-refractivity contribution < 1.29 is 4.21 Å². The lowest BCUT2D eigenvalue weighted by molar-refractivity contribution is 0.150. The third-order valence-electron chi connectivity index (χ3n) is 5.37. The van der Waals surface area contributed by atoms with Crippen molar-refractivity contribution in [3.8, 4) is 0 Å². The van der Waals surface area contributed by atoms with Gasteiger partial charge < -0.3 is 10.6 Å². The van der Waals surface area contributed by atoms with E-state index in [2.05, 4.69) is 15.6 Å². The van der Waals surface area contributed by atoms with E-state index in [1.165, 1.54) is 44.9 Å². The molecule has 2 aliphatic rings. The minimum absolute atomic E-state index is 0. The Labute approximate surface area is 167 Å². The summed E-state index contributed by atoms with van der Waals surface area (Å²) in [5, 5.41) is 6.93. The van der Waals surface area contributed by atoms with Gasteiger partial charge >= 0.3 is 0 Å². The van der Waals surface area contributed by atoms with E-state index in [-0.39, 0.29) is 28.7 Å². The quantitative estimate of drug-likeness (QED) is 0.375. The van der Waals surface area contributed by atoms with E-state index in [1.54, 1.807) is 0 Å². The van der Waals surface area contributed by atoms with Crippen molar-refractivity contribution in [2.24, 2.45) is 16.8 Å². The second kappa shape index (κ2) is 10.3. The number of nitrogens with one attached hydrogen (secondary N) is 2. The lowest BCUT2D eigenvalue weighted by Gasteiger charge is -2.39. The van der Waals surface area contributed by atoms with E-state index in [9.17, 15) is 4.21 Å². The molecule has 2 rings (SSSR count). The number of fused-ring (bicyclic) bond motifs is 1. The molecule has 0 radical (unpaired) electrons. The third kappa shape index (κ3) is 6.81. The Kier molecular flexibility index (Phi) is 9.56. The maximum absolute atomic E-state index is 12.1. The average Bonchev–Trinajstić information content (AvgIpc) is 2.52. The maximum atomic E-state index is 12.1. The summed E-state index contributed by atoms with van der Waals surface area (Å²) in [4.78, 5) is 4.34. The molecule has 24 heavy (non-hydrogen) atoms. The van der Waals surface area contributed by atoms with E-state index < -0.39 is 10.8 Å². The van der Waals surface area contributed by atoms with E-state index in [1.807, 2.05) is 27.8 Å². The Morgan fingerprint density at radius 3 is 2.42 bits per heavy atom. The highest BCUT2D eigenvalue weighted by Gasteiger charge is 2.32. The lowest BCUT2D eigenvalue weighted by atomic mass is 9.69. The van der Waals surface area contributed by atoms with Crippen LogP contribution in [0.1, 0.15) is 65.7 Å². The fraction of sp³-hybridized carbons (Fsp3) is 0.944. The van der Waals surface area contributed by atoms with Crippen LogP contribution in [0.5, 0.6) is 0 Å². The van der Waals surface area contributed by atoms with E-state index >= 15 is 0 Å². The van der Waals surface area contributed by atoms with Crippen molar-refractivity contribution in [1.29, 1.82) is 0 Å². The van der Waals surface area contributed by atoms with Gasteiger partial charge in [-0.15, -0.1) is 24.0 Å². The van der Waals surface area contributed by atoms with E-state index in [0.29, 0.717) is 18.3 Å². The van der Waals surface area contributed by atoms with Crippen molar-refractivity contribution in [2.45, 2.75) is 76.5 Å². The van der Waals surface area contributed by atoms with Crippen LogP contribution in [-0.4, -0.2) is 40.3 Å². The van der Waals surface area contributed by atoms with Crippen LogP contribution in [-0.2, 0) is 10.8 Å². The van der Waals surface area contributed by atoms with Gasteiger partial charge in [0.05, 0.1) is 0 Å². The van der Waals surface area contributed by atoms with Crippen molar-refractivity contribution in [3.05, 3.63) is 0 Å². The van der Waals surface area contributed by atoms with Gasteiger partial charge in [-0.1, -0.05) is 25.7 Å². The van der Waals surface area contributed by atoms with Crippen LogP contribution < -0.4 is 10.6 Å². The molecule has 142 valence electrons. The molecule has 2 aliphatic carbocycles. The SMILES string of the molecule is CN=C(NCCS(=O)C(C)(C)C)NC1CCC2CCCCC2C1.I. The summed E-state index contributed by atoms with van der Waals surface area (Å²) >= 11 is 0. The molecule has 2 saturated carbocycles. The van der Waals surface area contributed by atoms with Crippen LogP contribution in [0.3, 0.4) is 0 Å². The number of aliphatic imine (C=N–C) groups is 1. The molecule has 0 amide bonds. The van der Waals surface area contributed by atoms with Gasteiger partial charge in [0.2, 0.25) is 0 Å². The molecule has 0 bridgehead atoms. The summed E-state index contributed by atoms with van der Waals surface area (Å²) in [5.41, 5.74) is 0. The standard InChI is InChI=1S/C18H35N3OS.HI/c1-18(2,3)23(22)12-11-20-17(19-4)21-16-10-9-14-7-5-6-8-15(14)13-16;/h14-16H,5-13H2,1-4H3,(H2,19,20,21);1H. The van der Waals surface area contributed by atoms with Crippen molar-refractivity contribution >= 4 is 40.7 Å². The minimum Gasteiger partial charge on any atom is -0.355 e. The number of hydrogen-bond acceptors (Lipinski definition) is 2. The van der Waals surface area contributed by atoms with Gasteiger partial charge in [-0.05, 0) is 51.9 Å². The maximum Gasteiger partial charge on any atom is 0.191 e. The molecular weight excluding hydrogens is 433 g/mol. The zero-order chi connectivity index (χ0) is 16.9. The number of nitrogens with zero attached hydrogens (tertiary/aromatic N) is 1. The van der Waals surface area contributed by atoms with E-state index in [0.717, 1.165) is 17.8 Å². The predicted molar refractivity (Wildman–Crippen MR) is 116 cm³/mol. The van der Waals surface area contributed by atoms with Crippen LogP contribution in [0.25, 0.3) is 0 Å². The summed E-state index contributed by atoms with van der Waals surface area (Å²) in [7, 11) is 1.01. The predicted octanol–water partition coefficient (Wildman–Crippen LogP) is 3.68. The van der Waals surface area contributed by atoms with Crippen LogP contribution in [0.4, 0.5) is 0 Å². The smallest absolute Gasteiger partial charge is 0.191 e. The molecule has 0 saturated heterocycles. The molecule has 0 aliphatic heterocycles. The molecule has 0 aromatic rings. The highest BCUT2D eigenvalue weighted by molar-refractivity contribution is 14.0. The Hall–Kier alpha value is 0.150. The van der Waals surface area contributed by atoms with Crippen LogP contribution in [0.15, 0.2) is 4.99 Å². The lowest BCUT2D eigenvalue weighted by Crippen LogP contribution is -2.47. The van der Waals surface area contributed by atoms with Gasteiger partial charge in [-0.2, -0.15) is 0 Å². The summed E-state index contributed by atoms with van der Waals surface area (Å²) in [6.45, 7) is 6.79. The average molecular weight is 469 g/mol. The Balaban J connectivity index is 0.00000288. The first kappa shape index (κ1) is 22.2. The molecule has 2 fully saturated rings. The van der Waals surface area contributed by atoms with Crippen molar-refractivity contribution in [2.75, 3.05) is 19.3 Å². The highest BCUT2D eigenvalue weighted by atomic mass is 127. The Morgan fingerprint density at radius 2 is 1.79 bits per heavy atom. The second-order valence-electron chi connectivity index (χ2n) is 8.12. The first-order chi connectivity index (χ1) is 10.9. The van der Waals surface area contributed by atoms with Crippen LogP contribution >= 0.6 is 24.0 Å². The molecule has 4 atom stereocenters. The molecular formula is C18H36IN3OS. The number of guanidine groups is 1. The topological polar surface area (TPSA) is 53.5 Å². The number of rotatable bonds is 4. The molecule has 4 unspecified atom stereocenters. The molecule has 0 aromatic heterocycles. The largest absolute Gasteiger partial charge is 0.355 e. The van der Waals surface area contributed by atoms with E-state index in [4.69, 9.17) is 0 Å². The monoisotopic (exact) mass is 469 g/mol. The minimum atomic E-state index is -0.813. The summed E-state index contributed by atoms with van der Waals surface area (Å²) in [6, 6.07) is 0.550. The van der Waals surface area contributed by atoms with Gasteiger partial charge in [0, 0.05) is 40.9 Å². The van der Waals surface area contributed by atoms with Crippen LogP contribution in [0.2, 0.25) is 0 Å². The highest BCUT2D eigenvalue weighted by Crippen LogP contribution is 2.40. The Morgan fingerprint density at radius 1 is 1.12 bits per heavy atom. The zero-order valence-corrected chi connectivity index (χ0v) is 18.9. The first-order valence-corrected chi connectivity index (χ1v) is 10.6. The van der Waals surface area contributed by atoms with Gasteiger partial charge in [-0.3, -0.25) is 9.20 Å². The Bertz CT molecular complexity index is 436. The zero-order valence-electron chi connectivity index (χ0n) is 15.8. The third-order valence-corrected chi connectivity index (χ3v) is 7.31. The normalized spacial score (nSPS) is 29.2. The van der Waals surface area contributed by atoms with Crippen molar-refractivity contribution in [1.82, 2.24) is 10.6 Å². The number of hydrogen-bond donors (Lipinski definition) is 2. The van der Waals surface area contributed by atoms with Gasteiger partial charge in [0.1, 0.15) is 0 Å². The van der Waals surface area contributed by atoms with Crippen LogP contribution in [0, 0.1) is 11.8 Å².